The first-order valence-corrected chi connectivity index (χ1v) is 16.1. The van der Waals surface area contributed by atoms with Crippen molar-refractivity contribution in [2.75, 3.05) is 0 Å². The van der Waals surface area contributed by atoms with Gasteiger partial charge in [-0.1, -0.05) is 158 Å². The lowest BCUT2D eigenvalue weighted by Crippen LogP contribution is -2.06. The molecule has 0 amide bonds. The Kier molecular flexibility index (Phi) is 6.09. The third-order valence-corrected chi connectivity index (χ3v) is 8.81. The summed E-state index contributed by atoms with van der Waals surface area (Å²) in [6.45, 7) is 0. The lowest BCUT2D eigenvalue weighted by molar-refractivity contribution is 0.953. The zero-order valence-corrected chi connectivity index (χ0v) is 26.3. The molecule has 2 aromatic heterocycles. The first-order valence-electron chi connectivity index (χ1n) is 18.1. The molecule has 0 bridgehead atoms. The van der Waals surface area contributed by atoms with Crippen LogP contribution in [0.1, 0.15) is 5.48 Å². The van der Waals surface area contributed by atoms with Gasteiger partial charge in [0, 0.05) is 21.9 Å². The number of para-hydroxylation sites is 1. The molecule has 0 saturated carbocycles. The second-order valence-electron chi connectivity index (χ2n) is 11.8. The topological polar surface area (TPSA) is 43.6 Å². The van der Waals surface area contributed by atoms with E-state index in [1.807, 2.05) is 115 Å². The van der Waals surface area contributed by atoms with Crippen molar-refractivity contribution in [1.82, 2.24) is 19.5 Å². The molecular weight excluding hydrogens is 597 g/mol. The Morgan fingerprint density at radius 2 is 0.837 bits per heavy atom. The summed E-state index contributed by atoms with van der Waals surface area (Å²) in [5, 5.41) is 1.08. The molecule has 230 valence electrons. The summed E-state index contributed by atoms with van der Waals surface area (Å²) < 4.78 is 37.3. The number of fused-ring (bicyclic) bond motifs is 3. The molecule has 0 N–H and O–H groups in total. The molecular formula is C45H30N4. The van der Waals surface area contributed by atoms with Crippen molar-refractivity contribution < 1.29 is 5.48 Å². The van der Waals surface area contributed by atoms with Crippen LogP contribution in [0.15, 0.2) is 182 Å². The fourth-order valence-corrected chi connectivity index (χ4v) is 6.37. The summed E-state index contributed by atoms with van der Waals surface area (Å²) in [6, 6.07) is 51.5. The monoisotopic (exact) mass is 630 g/mol. The quantitative estimate of drug-likeness (QED) is 0.184. The zero-order valence-electron chi connectivity index (χ0n) is 30.3. The van der Waals surface area contributed by atoms with Crippen LogP contribution in [0.4, 0.5) is 0 Å². The first-order chi connectivity index (χ1) is 25.9. The third-order valence-electron chi connectivity index (χ3n) is 8.81. The minimum absolute atomic E-state index is 0.117. The molecule has 0 atom stereocenters. The maximum Gasteiger partial charge on any atom is 0.238 e. The van der Waals surface area contributed by atoms with Crippen molar-refractivity contribution in [1.29, 1.82) is 0 Å². The Bertz CT molecular complexity index is 2800. The van der Waals surface area contributed by atoms with Gasteiger partial charge in [0.15, 0.2) is 11.6 Å². The van der Waals surface area contributed by atoms with Gasteiger partial charge in [0.1, 0.15) is 0 Å². The van der Waals surface area contributed by atoms with Crippen molar-refractivity contribution in [2.45, 2.75) is 0 Å². The summed E-state index contributed by atoms with van der Waals surface area (Å²) in [7, 11) is 0. The Morgan fingerprint density at radius 1 is 0.367 bits per heavy atom. The third kappa shape index (κ3) is 5.35. The molecule has 9 aromatic rings. The molecule has 2 heterocycles. The highest BCUT2D eigenvalue weighted by atomic mass is 15.2. The van der Waals surface area contributed by atoms with Crippen molar-refractivity contribution in [3.05, 3.63) is 182 Å². The largest absolute Gasteiger partial charge is 0.278 e. The summed E-state index contributed by atoms with van der Waals surface area (Å²) in [4.78, 5) is 14.9. The van der Waals surface area contributed by atoms with Crippen molar-refractivity contribution in [3.8, 4) is 62.1 Å². The number of rotatable bonds is 6. The van der Waals surface area contributed by atoms with Crippen molar-refractivity contribution in [2.24, 2.45) is 0 Å². The maximum atomic E-state index is 9.15. The smallest absolute Gasteiger partial charge is 0.238 e. The molecule has 0 fully saturated rings. The van der Waals surface area contributed by atoms with Gasteiger partial charge < -0.3 is 0 Å². The Hall–Kier alpha value is -6.65. The SMILES string of the molecule is [2H]c1c([2H])c([2H])c2c(c1[2H])c1cc(-c3cccc(-c4ccccc4)c3)ccc1n2-c1nc(-c2ccccc2)nc(-c2ccc(-c3ccccc3)cc2)n1. The predicted octanol–water partition coefficient (Wildman–Crippen LogP) is 11.3. The molecule has 4 nitrogen and oxygen atoms in total. The standard InChI is InChI=1S/C45H30N4/c1-4-13-31(14-5-1)33-23-25-35(26-24-33)44-46-43(34-17-8-3-9-18-34)47-45(48-44)49-41-22-11-10-21-39(41)40-30-38(27-28-42(40)49)37-20-12-19-36(29-37)32-15-6-2-7-16-32/h1-30H/i10D,11D,21D,22D. The summed E-state index contributed by atoms with van der Waals surface area (Å²) in [6.07, 6.45) is 0. The van der Waals surface area contributed by atoms with Crippen LogP contribution in [-0.2, 0) is 0 Å². The number of hydrogen-bond acceptors (Lipinski definition) is 3. The molecule has 49 heavy (non-hydrogen) atoms. The molecule has 0 spiro atoms. The van der Waals surface area contributed by atoms with E-state index in [1.54, 1.807) is 4.57 Å². The van der Waals surface area contributed by atoms with E-state index in [2.05, 4.69) is 42.5 Å². The molecule has 7 aromatic carbocycles. The predicted molar refractivity (Wildman–Crippen MR) is 201 cm³/mol. The molecule has 0 aliphatic carbocycles. The van der Waals surface area contributed by atoms with Crippen LogP contribution in [0.5, 0.6) is 0 Å². The summed E-state index contributed by atoms with van der Waals surface area (Å²) in [5.74, 6) is 1.14. The van der Waals surface area contributed by atoms with E-state index in [4.69, 9.17) is 20.4 Å². The molecule has 0 radical (unpaired) electrons. The van der Waals surface area contributed by atoms with Crippen LogP contribution >= 0.6 is 0 Å². The van der Waals surface area contributed by atoms with E-state index in [0.717, 1.165) is 44.5 Å². The number of hydrogen-bond donors (Lipinski definition) is 0. The van der Waals surface area contributed by atoms with Crippen LogP contribution in [0.3, 0.4) is 0 Å². The average Bonchev–Trinajstić information content (AvgIpc) is 3.58. The highest BCUT2D eigenvalue weighted by molar-refractivity contribution is 6.10. The van der Waals surface area contributed by atoms with Crippen molar-refractivity contribution >= 4 is 21.8 Å². The molecule has 0 aliphatic rings. The van der Waals surface area contributed by atoms with Gasteiger partial charge in [0.25, 0.3) is 0 Å². The van der Waals surface area contributed by atoms with Crippen molar-refractivity contribution in [3.63, 3.8) is 0 Å². The number of aromatic nitrogens is 4. The Labute approximate surface area is 290 Å². The molecule has 0 unspecified atom stereocenters. The van der Waals surface area contributed by atoms with E-state index >= 15 is 0 Å². The summed E-state index contributed by atoms with van der Waals surface area (Å²) >= 11 is 0. The van der Waals surface area contributed by atoms with Gasteiger partial charge in [0.05, 0.1) is 16.5 Å². The van der Waals surface area contributed by atoms with Gasteiger partial charge in [-0.05, 0) is 57.6 Å². The normalized spacial score (nSPS) is 12.4. The minimum Gasteiger partial charge on any atom is -0.278 e. The Morgan fingerprint density at radius 3 is 1.51 bits per heavy atom. The van der Waals surface area contributed by atoms with Crippen LogP contribution in [0.25, 0.3) is 83.9 Å². The average molecular weight is 631 g/mol. The van der Waals surface area contributed by atoms with Gasteiger partial charge >= 0.3 is 0 Å². The highest BCUT2D eigenvalue weighted by Crippen LogP contribution is 2.36. The van der Waals surface area contributed by atoms with Crippen LogP contribution < -0.4 is 0 Å². The van der Waals surface area contributed by atoms with E-state index in [9.17, 15) is 0 Å². The van der Waals surface area contributed by atoms with Crippen LogP contribution in [-0.4, -0.2) is 19.5 Å². The molecule has 9 rings (SSSR count). The van der Waals surface area contributed by atoms with E-state index < -0.39 is 0 Å². The van der Waals surface area contributed by atoms with Gasteiger partial charge in [-0.15, -0.1) is 0 Å². The van der Waals surface area contributed by atoms with E-state index in [0.29, 0.717) is 33.5 Å². The first kappa shape index (κ1) is 24.5. The van der Waals surface area contributed by atoms with Gasteiger partial charge in [-0.25, -0.2) is 4.98 Å². The molecule has 0 saturated heterocycles. The second-order valence-corrected chi connectivity index (χ2v) is 11.8. The second kappa shape index (κ2) is 12.2. The lowest BCUT2D eigenvalue weighted by atomic mass is 9.98. The number of nitrogens with zero attached hydrogens (tertiary/aromatic N) is 4. The zero-order chi connectivity index (χ0) is 36.1. The van der Waals surface area contributed by atoms with Gasteiger partial charge in [-0.2, -0.15) is 9.97 Å². The van der Waals surface area contributed by atoms with Gasteiger partial charge in [-0.3, -0.25) is 4.57 Å². The maximum absolute atomic E-state index is 9.15. The molecule has 0 aliphatic heterocycles. The Balaban J connectivity index is 1.28. The molecule has 4 heteroatoms. The highest BCUT2D eigenvalue weighted by Gasteiger charge is 2.18. The number of benzene rings is 7. The van der Waals surface area contributed by atoms with E-state index in [1.165, 1.54) is 0 Å². The van der Waals surface area contributed by atoms with Crippen LogP contribution in [0.2, 0.25) is 0 Å². The van der Waals surface area contributed by atoms with Crippen LogP contribution in [0, 0.1) is 0 Å². The summed E-state index contributed by atoms with van der Waals surface area (Å²) in [5.41, 5.74) is 8.80. The van der Waals surface area contributed by atoms with E-state index in [-0.39, 0.29) is 30.1 Å². The fraction of sp³-hybridized carbons (Fsp3) is 0. The fourth-order valence-electron chi connectivity index (χ4n) is 6.37. The lowest BCUT2D eigenvalue weighted by Gasteiger charge is -2.11. The minimum atomic E-state index is -0.323. The van der Waals surface area contributed by atoms with Gasteiger partial charge in [0.2, 0.25) is 5.95 Å².